The van der Waals surface area contributed by atoms with Crippen molar-refractivity contribution in [2.75, 3.05) is 5.73 Å². The topological polar surface area (TPSA) is 46.2 Å². The average molecular weight is 200 g/mol. The fraction of sp³-hybridized carbons (Fsp3) is 0. The maximum atomic E-state index is 9.34. The van der Waals surface area contributed by atoms with Crippen molar-refractivity contribution in [1.82, 2.24) is 0 Å². The van der Waals surface area contributed by atoms with Crippen LogP contribution in [0, 0.1) is 0 Å². The first kappa shape index (κ1) is 7.71. The maximum absolute atomic E-state index is 9.34. The summed E-state index contributed by atoms with van der Waals surface area (Å²) < 4.78 is 0.847. The molecule has 0 bridgehead atoms. The van der Waals surface area contributed by atoms with E-state index in [1.807, 2.05) is 0 Å². The molecule has 0 aliphatic carbocycles. The Balaban J connectivity index is 2.93. The summed E-state index contributed by atoms with van der Waals surface area (Å²) in [6, 6.07) is 3.45. The number of benzene rings is 1. The predicted octanol–water partition coefficient (Wildman–Crippen LogP) is 2.84. The molecule has 0 aliphatic rings. The molecule has 0 fully saturated rings. The number of rotatable bonds is 0. The van der Waals surface area contributed by atoms with E-state index in [2.05, 4.69) is 0 Å². The van der Waals surface area contributed by atoms with E-state index in [4.69, 9.17) is 17.3 Å². The third kappa shape index (κ3) is 0.940. The number of hydrogen-bond donors (Lipinski definition) is 2. The van der Waals surface area contributed by atoms with Gasteiger partial charge in [-0.05, 0) is 12.1 Å². The number of nitrogens with two attached hydrogens (primary N) is 1. The number of hydrogen-bond acceptors (Lipinski definition) is 3. The Morgan fingerprint density at radius 2 is 2.17 bits per heavy atom. The van der Waals surface area contributed by atoms with Crippen molar-refractivity contribution in [2.45, 2.75) is 0 Å². The normalized spacial score (nSPS) is 10.8. The zero-order valence-electron chi connectivity index (χ0n) is 6.04. The highest BCUT2D eigenvalue weighted by Gasteiger charge is 2.07. The van der Waals surface area contributed by atoms with Crippen LogP contribution >= 0.6 is 22.9 Å². The van der Waals surface area contributed by atoms with Crippen LogP contribution in [0.4, 0.5) is 5.69 Å². The number of aromatic hydroxyl groups is 1. The molecule has 1 aromatic carbocycles. The Hall–Kier alpha value is -0.930. The number of halogens is 1. The van der Waals surface area contributed by atoms with E-state index in [1.165, 1.54) is 11.3 Å². The van der Waals surface area contributed by atoms with E-state index in [1.54, 1.807) is 17.5 Å². The van der Waals surface area contributed by atoms with Crippen molar-refractivity contribution < 1.29 is 5.11 Å². The van der Waals surface area contributed by atoms with Gasteiger partial charge in [0.2, 0.25) is 0 Å². The van der Waals surface area contributed by atoms with E-state index in [0.717, 1.165) is 10.1 Å². The number of nitrogen functional groups attached to an aromatic ring is 1. The van der Waals surface area contributed by atoms with Gasteiger partial charge in [-0.15, -0.1) is 11.3 Å². The third-order valence-electron chi connectivity index (χ3n) is 1.71. The molecule has 0 aliphatic heterocycles. The molecule has 4 heteroatoms. The first-order valence-electron chi connectivity index (χ1n) is 3.34. The van der Waals surface area contributed by atoms with Crippen LogP contribution in [0.25, 0.3) is 10.1 Å². The molecule has 0 atom stereocenters. The second-order valence-electron chi connectivity index (χ2n) is 2.46. The number of fused-ring (bicyclic) bond motifs is 1. The standard InChI is InChI=1S/C8H6ClNOS/c9-5-2-1-4-6(11)3-12-8(4)7(5)10/h1-3,11H,10H2. The number of thiophene rings is 1. The highest BCUT2D eigenvalue weighted by molar-refractivity contribution is 7.18. The summed E-state index contributed by atoms with van der Waals surface area (Å²) in [5.74, 6) is 0.262. The molecule has 3 N–H and O–H groups in total. The van der Waals surface area contributed by atoms with Crippen molar-refractivity contribution in [2.24, 2.45) is 0 Å². The second kappa shape index (κ2) is 2.54. The molecule has 0 unspecified atom stereocenters. The van der Waals surface area contributed by atoms with Gasteiger partial charge >= 0.3 is 0 Å². The first-order chi connectivity index (χ1) is 5.70. The third-order valence-corrected chi connectivity index (χ3v) is 3.05. The highest BCUT2D eigenvalue weighted by Crippen LogP contribution is 2.38. The lowest BCUT2D eigenvalue weighted by Crippen LogP contribution is -1.84. The molecule has 2 nitrogen and oxygen atoms in total. The monoisotopic (exact) mass is 199 g/mol. The molecule has 62 valence electrons. The van der Waals surface area contributed by atoms with Crippen molar-refractivity contribution in [1.29, 1.82) is 0 Å². The van der Waals surface area contributed by atoms with Crippen molar-refractivity contribution in [3.05, 3.63) is 22.5 Å². The highest BCUT2D eigenvalue weighted by atomic mass is 35.5. The van der Waals surface area contributed by atoms with Crippen LogP contribution in [-0.4, -0.2) is 5.11 Å². The molecule has 0 spiro atoms. The van der Waals surface area contributed by atoms with E-state index >= 15 is 0 Å². The molecule has 2 aromatic rings. The predicted molar refractivity (Wildman–Crippen MR) is 52.9 cm³/mol. The van der Waals surface area contributed by atoms with Crippen LogP contribution in [0.15, 0.2) is 17.5 Å². The van der Waals surface area contributed by atoms with Crippen molar-refractivity contribution in [3.8, 4) is 5.75 Å². The maximum Gasteiger partial charge on any atom is 0.134 e. The Labute approximate surface area is 78.2 Å². The summed E-state index contributed by atoms with van der Waals surface area (Å²) in [6.45, 7) is 0. The summed E-state index contributed by atoms with van der Waals surface area (Å²) in [4.78, 5) is 0. The Bertz CT molecular complexity index is 438. The van der Waals surface area contributed by atoms with Crippen LogP contribution in [0.2, 0.25) is 5.02 Å². The van der Waals surface area contributed by atoms with Gasteiger partial charge in [-0.3, -0.25) is 0 Å². The smallest absolute Gasteiger partial charge is 0.134 e. The molecule has 1 heterocycles. The van der Waals surface area contributed by atoms with Gasteiger partial charge in [0, 0.05) is 10.8 Å². The minimum Gasteiger partial charge on any atom is -0.506 e. The first-order valence-corrected chi connectivity index (χ1v) is 4.60. The molecular formula is C8H6ClNOS. The quantitative estimate of drug-likeness (QED) is 0.641. The molecule has 2 rings (SSSR count). The van der Waals surface area contributed by atoms with Gasteiger partial charge in [0.15, 0.2) is 0 Å². The molecule has 1 aromatic heterocycles. The van der Waals surface area contributed by atoms with E-state index in [9.17, 15) is 5.11 Å². The van der Waals surface area contributed by atoms with Gasteiger partial charge in [0.05, 0.1) is 15.4 Å². The van der Waals surface area contributed by atoms with Crippen LogP contribution < -0.4 is 5.73 Å². The molecule has 0 amide bonds. The zero-order valence-corrected chi connectivity index (χ0v) is 7.62. The Kier molecular flexibility index (Phi) is 1.63. The largest absolute Gasteiger partial charge is 0.506 e. The fourth-order valence-electron chi connectivity index (χ4n) is 1.08. The van der Waals surface area contributed by atoms with Gasteiger partial charge < -0.3 is 10.8 Å². The SMILES string of the molecule is Nc1c(Cl)ccc2c(O)csc12. The van der Waals surface area contributed by atoms with E-state index < -0.39 is 0 Å². The summed E-state index contributed by atoms with van der Waals surface area (Å²) in [6.07, 6.45) is 0. The zero-order chi connectivity index (χ0) is 8.72. The van der Waals surface area contributed by atoms with E-state index in [-0.39, 0.29) is 5.75 Å². The molecule has 0 saturated carbocycles. The minimum absolute atomic E-state index is 0.262. The van der Waals surface area contributed by atoms with Crippen molar-refractivity contribution in [3.63, 3.8) is 0 Å². The van der Waals surface area contributed by atoms with Gasteiger partial charge in [0.25, 0.3) is 0 Å². The molecular weight excluding hydrogens is 194 g/mol. The Morgan fingerprint density at radius 1 is 1.42 bits per heavy atom. The lowest BCUT2D eigenvalue weighted by molar-refractivity contribution is 0.484. The molecule has 0 saturated heterocycles. The van der Waals surface area contributed by atoms with Crippen LogP contribution in [0.3, 0.4) is 0 Å². The average Bonchev–Trinajstić information content (AvgIpc) is 2.41. The lowest BCUT2D eigenvalue weighted by Gasteiger charge is -1.97. The van der Waals surface area contributed by atoms with E-state index in [0.29, 0.717) is 10.7 Å². The van der Waals surface area contributed by atoms with Gasteiger partial charge in [-0.1, -0.05) is 11.6 Å². The van der Waals surface area contributed by atoms with Gasteiger partial charge in [-0.25, -0.2) is 0 Å². The minimum atomic E-state index is 0.262. The Morgan fingerprint density at radius 3 is 2.92 bits per heavy atom. The number of anilines is 1. The van der Waals surface area contributed by atoms with Crippen molar-refractivity contribution >= 4 is 38.7 Å². The molecule has 12 heavy (non-hydrogen) atoms. The van der Waals surface area contributed by atoms with Crippen LogP contribution in [0.5, 0.6) is 5.75 Å². The summed E-state index contributed by atoms with van der Waals surface area (Å²) in [5, 5.41) is 12.3. The molecule has 0 radical (unpaired) electrons. The summed E-state index contributed by atoms with van der Waals surface area (Å²) in [5.41, 5.74) is 6.24. The van der Waals surface area contributed by atoms with Gasteiger partial charge in [-0.2, -0.15) is 0 Å². The van der Waals surface area contributed by atoms with Crippen LogP contribution in [0.1, 0.15) is 0 Å². The summed E-state index contributed by atoms with van der Waals surface area (Å²) in [7, 11) is 0. The van der Waals surface area contributed by atoms with Gasteiger partial charge in [0.1, 0.15) is 5.75 Å². The van der Waals surface area contributed by atoms with Crippen LogP contribution in [-0.2, 0) is 0 Å². The lowest BCUT2D eigenvalue weighted by atomic mass is 10.2. The fourth-order valence-corrected chi connectivity index (χ4v) is 2.19. The second-order valence-corrected chi connectivity index (χ2v) is 3.75. The summed E-state index contributed by atoms with van der Waals surface area (Å²) >= 11 is 7.19.